The SMILES string of the molecule is c1ccc(-c2ccc(-c3cc(-c4ccc5c(c4)oc4c5ccc5c6ccccc6oc54)nc(-c4ccccc4)n3)cc2)cc1. The van der Waals surface area contributed by atoms with Crippen molar-refractivity contribution in [3.8, 4) is 45.0 Å². The van der Waals surface area contributed by atoms with E-state index in [1.807, 2.05) is 54.6 Å². The first-order valence-corrected chi connectivity index (χ1v) is 14.7. The Labute approximate surface area is 252 Å². The van der Waals surface area contributed by atoms with Gasteiger partial charge in [-0.25, -0.2) is 9.97 Å². The zero-order valence-electron chi connectivity index (χ0n) is 23.6. The molecule has 4 nitrogen and oxygen atoms in total. The number of rotatable bonds is 4. The molecule has 0 bridgehead atoms. The first kappa shape index (κ1) is 24.6. The first-order valence-electron chi connectivity index (χ1n) is 14.7. The maximum atomic E-state index is 6.51. The van der Waals surface area contributed by atoms with E-state index in [0.29, 0.717) is 5.82 Å². The second-order valence-electron chi connectivity index (χ2n) is 11.0. The fourth-order valence-corrected chi connectivity index (χ4v) is 6.10. The van der Waals surface area contributed by atoms with E-state index in [1.165, 1.54) is 11.1 Å². The molecule has 0 aliphatic rings. The number of furan rings is 2. The third-order valence-corrected chi connectivity index (χ3v) is 8.33. The van der Waals surface area contributed by atoms with Gasteiger partial charge in [0.2, 0.25) is 0 Å². The van der Waals surface area contributed by atoms with Crippen LogP contribution in [0.2, 0.25) is 0 Å². The van der Waals surface area contributed by atoms with Gasteiger partial charge in [-0.05, 0) is 47.5 Å². The monoisotopic (exact) mass is 564 g/mol. The number of hydrogen-bond acceptors (Lipinski definition) is 4. The molecule has 3 heterocycles. The zero-order chi connectivity index (χ0) is 29.0. The summed E-state index contributed by atoms with van der Waals surface area (Å²) in [5, 5.41) is 4.22. The molecule has 0 N–H and O–H groups in total. The molecule has 0 spiro atoms. The number of nitrogens with zero attached hydrogens (tertiary/aromatic N) is 2. The summed E-state index contributed by atoms with van der Waals surface area (Å²) in [5.41, 5.74) is 10.2. The lowest BCUT2D eigenvalue weighted by Gasteiger charge is -2.10. The molecule has 0 fully saturated rings. The molecule has 0 saturated heterocycles. The highest BCUT2D eigenvalue weighted by atomic mass is 16.4. The Bertz CT molecular complexity index is 2470. The molecule has 0 radical (unpaired) electrons. The fourth-order valence-electron chi connectivity index (χ4n) is 6.10. The van der Waals surface area contributed by atoms with Crippen molar-refractivity contribution in [2.75, 3.05) is 0 Å². The van der Waals surface area contributed by atoms with Gasteiger partial charge in [-0.15, -0.1) is 0 Å². The molecule has 3 aromatic heterocycles. The molecule has 4 heteroatoms. The van der Waals surface area contributed by atoms with Crippen LogP contribution in [0.15, 0.2) is 154 Å². The Balaban J connectivity index is 1.19. The minimum absolute atomic E-state index is 0.680. The molecule has 9 rings (SSSR count). The Morgan fingerprint density at radius 1 is 0.341 bits per heavy atom. The van der Waals surface area contributed by atoms with E-state index in [1.54, 1.807) is 0 Å². The summed E-state index contributed by atoms with van der Waals surface area (Å²) in [5.74, 6) is 0.680. The lowest BCUT2D eigenvalue weighted by atomic mass is 10.0. The maximum Gasteiger partial charge on any atom is 0.178 e. The van der Waals surface area contributed by atoms with Crippen LogP contribution in [-0.2, 0) is 0 Å². The summed E-state index contributed by atoms with van der Waals surface area (Å²) >= 11 is 0. The first-order chi connectivity index (χ1) is 21.8. The van der Waals surface area contributed by atoms with Gasteiger partial charge in [0.1, 0.15) is 11.2 Å². The summed E-state index contributed by atoms with van der Waals surface area (Å²) in [4.78, 5) is 10.0. The molecule has 0 aliphatic carbocycles. The number of aromatic nitrogens is 2. The van der Waals surface area contributed by atoms with Crippen molar-refractivity contribution in [2.45, 2.75) is 0 Å². The molecule has 0 unspecified atom stereocenters. The average molecular weight is 565 g/mol. The quantitative estimate of drug-likeness (QED) is 0.213. The van der Waals surface area contributed by atoms with Gasteiger partial charge < -0.3 is 8.83 Å². The summed E-state index contributed by atoms with van der Waals surface area (Å²) in [6.45, 7) is 0. The molecule has 44 heavy (non-hydrogen) atoms. The van der Waals surface area contributed by atoms with Gasteiger partial charge in [-0.1, -0.05) is 109 Å². The molecule has 0 saturated carbocycles. The van der Waals surface area contributed by atoms with Crippen LogP contribution in [0.3, 0.4) is 0 Å². The lowest BCUT2D eigenvalue weighted by molar-refractivity contribution is 0.633. The normalized spacial score (nSPS) is 11.6. The maximum absolute atomic E-state index is 6.51. The third-order valence-electron chi connectivity index (χ3n) is 8.33. The van der Waals surface area contributed by atoms with Crippen molar-refractivity contribution in [2.24, 2.45) is 0 Å². The van der Waals surface area contributed by atoms with E-state index in [-0.39, 0.29) is 0 Å². The zero-order valence-corrected chi connectivity index (χ0v) is 23.6. The number of fused-ring (bicyclic) bond motifs is 7. The van der Waals surface area contributed by atoms with Crippen LogP contribution in [0.25, 0.3) is 88.9 Å². The van der Waals surface area contributed by atoms with Gasteiger partial charge in [0.25, 0.3) is 0 Å². The predicted octanol–water partition coefficient (Wildman–Crippen LogP) is 10.9. The smallest absolute Gasteiger partial charge is 0.178 e. The van der Waals surface area contributed by atoms with E-state index >= 15 is 0 Å². The predicted molar refractivity (Wildman–Crippen MR) is 178 cm³/mol. The lowest BCUT2D eigenvalue weighted by Crippen LogP contribution is -1.95. The van der Waals surface area contributed by atoms with Crippen molar-refractivity contribution in [1.29, 1.82) is 0 Å². The van der Waals surface area contributed by atoms with Gasteiger partial charge in [0, 0.05) is 38.2 Å². The van der Waals surface area contributed by atoms with Crippen LogP contribution in [-0.4, -0.2) is 9.97 Å². The van der Waals surface area contributed by atoms with E-state index in [2.05, 4.69) is 91.0 Å². The van der Waals surface area contributed by atoms with Gasteiger partial charge in [-0.2, -0.15) is 0 Å². The minimum atomic E-state index is 0.680. The van der Waals surface area contributed by atoms with Gasteiger partial charge in [0.15, 0.2) is 17.0 Å². The van der Waals surface area contributed by atoms with E-state index in [4.69, 9.17) is 18.8 Å². The fraction of sp³-hybridized carbons (Fsp3) is 0. The van der Waals surface area contributed by atoms with Crippen LogP contribution in [0.4, 0.5) is 0 Å². The Hall–Kier alpha value is -6.00. The van der Waals surface area contributed by atoms with E-state index in [0.717, 1.165) is 72.0 Å². The molecule has 6 aromatic carbocycles. The summed E-state index contributed by atoms with van der Waals surface area (Å²) in [6.07, 6.45) is 0. The molecule has 0 aliphatic heterocycles. The number of para-hydroxylation sites is 1. The van der Waals surface area contributed by atoms with Crippen molar-refractivity contribution in [1.82, 2.24) is 9.97 Å². The number of hydrogen-bond donors (Lipinski definition) is 0. The van der Waals surface area contributed by atoms with Crippen LogP contribution >= 0.6 is 0 Å². The van der Waals surface area contributed by atoms with Crippen LogP contribution in [0, 0.1) is 0 Å². The molecule has 0 amide bonds. The summed E-state index contributed by atoms with van der Waals surface area (Å²) in [7, 11) is 0. The van der Waals surface area contributed by atoms with Gasteiger partial charge >= 0.3 is 0 Å². The largest absolute Gasteiger partial charge is 0.452 e. The van der Waals surface area contributed by atoms with Crippen molar-refractivity contribution >= 4 is 43.9 Å². The van der Waals surface area contributed by atoms with Gasteiger partial charge in [-0.3, -0.25) is 0 Å². The molecular weight excluding hydrogens is 540 g/mol. The minimum Gasteiger partial charge on any atom is -0.452 e. The molecule has 0 atom stereocenters. The van der Waals surface area contributed by atoms with Crippen molar-refractivity contribution in [3.05, 3.63) is 146 Å². The van der Waals surface area contributed by atoms with Crippen LogP contribution in [0.5, 0.6) is 0 Å². The second kappa shape index (κ2) is 9.79. The highest BCUT2D eigenvalue weighted by Crippen LogP contribution is 2.40. The van der Waals surface area contributed by atoms with Crippen molar-refractivity contribution in [3.63, 3.8) is 0 Å². The highest BCUT2D eigenvalue weighted by molar-refractivity contribution is 6.19. The average Bonchev–Trinajstić information content (AvgIpc) is 3.67. The summed E-state index contributed by atoms with van der Waals surface area (Å²) in [6, 6.07) is 49.8. The van der Waals surface area contributed by atoms with Crippen LogP contribution in [0.1, 0.15) is 0 Å². The Kier molecular flexibility index (Phi) is 5.47. The summed E-state index contributed by atoms with van der Waals surface area (Å²) < 4.78 is 12.8. The standard InChI is InChI=1S/C40H24N2O2/c1-3-9-25(10-4-1)26-15-17-27(18-16-26)34-24-35(42-40(41-34)28-11-5-2-6-12-28)29-19-20-31-33-22-21-32-30-13-7-8-14-36(30)43-38(32)39(33)44-37(31)23-29/h1-24H. The van der Waals surface area contributed by atoms with E-state index in [9.17, 15) is 0 Å². The second-order valence-corrected chi connectivity index (χ2v) is 11.0. The Morgan fingerprint density at radius 2 is 0.841 bits per heavy atom. The molecule has 206 valence electrons. The third kappa shape index (κ3) is 4.00. The Morgan fingerprint density at radius 3 is 1.57 bits per heavy atom. The molecule has 9 aromatic rings. The topological polar surface area (TPSA) is 52.1 Å². The molecular formula is C40H24N2O2. The van der Waals surface area contributed by atoms with Gasteiger partial charge in [0.05, 0.1) is 11.4 Å². The number of benzene rings is 6. The highest BCUT2D eigenvalue weighted by Gasteiger charge is 2.17. The van der Waals surface area contributed by atoms with Crippen LogP contribution < -0.4 is 0 Å². The van der Waals surface area contributed by atoms with E-state index < -0.39 is 0 Å². The van der Waals surface area contributed by atoms with Crippen molar-refractivity contribution < 1.29 is 8.83 Å².